The molecule has 0 fully saturated rings. The molecule has 2 aromatic rings. The van der Waals surface area contributed by atoms with Gasteiger partial charge in [-0.05, 0) is 43.7 Å². The number of nitrogens with one attached hydrogen (secondary N) is 2. The number of carbonyl (C=O) groups is 1. The van der Waals surface area contributed by atoms with E-state index in [0.29, 0.717) is 17.3 Å². The summed E-state index contributed by atoms with van der Waals surface area (Å²) in [5.74, 6) is 1.12. The number of aryl methyl sites for hydroxylation is 2. The molecule has 0 saturated heterocycles. The normalized spacial score (nSPS) is 9.95. The van der Waals surface area contributed by atoms with E-state index in [-0.39, 0.29) is 6.03 Å². The highest BCUT2D eigenvalue weighted by atomic mass is 16.5. The lowest BCUT2D eigenvalue weighted by atomic mass is 10.2. The van der Waals surface area contributed by atoms with E-state index in [1.54, 1.807) is 13.2 Å². The van der Waals surface area contributed by atoms with E-state index in [0.717, 1.165) is 11.3 Å². The third-order valence-corrected chi connectivity index (χ3v) is 2.73. The zero-order chi connectivity index (χ0) is 14.5. The van der Waals surface area contributed by atoms with Crippen LogP contribution in [0.3, 0.4) is 0 Å². The van der Waals surface area contributed by atoms with Crippen molar-refractivity contribution in [3.63, 3.8) is 0 Å². The summed E-state index contributed by atoms with van der Waals surface area (Å²) in [6.45, 7) is 3.82. The molecule has 2 amide bonds. The lowest BCUT2D eigenvalue weighted by Gasteiger charge is -2.11. The van der Waals surface area contributed by atoms with Gasteiger partial charge in [0.05, 0.1) is 12.8 Å². The predicted molar refractivity (Wildman–Crippen MR) is 79.3 cm³/mol. The average molecular weight is 271 g/mol. The standard InChI is InChI=1S/C15H17N3O2/c1-10-7-8-13(20-3)12(9-10)17-15(19)18-14-6-4-5-11(2)16-14/h4-9H,1-3H3,(H2,16,17,18,19). The monoisotopic (exact) mass is 271 g/mol. The summed E-state index contributed by atoms with van der Waals surface area (Å²) in [7, 11) is 1.57. The summed E-state index contributed by atoms with van der Waals surface area (Å²) in [6.07, 6.45) is 0. The molecule has 1 aromatic carbocycles. The van der Waals surface area contributed by atoms with Gasteiger partial charge >= 0.3 is 6.03 Å². The fourth-order valence-corrected chi connectivity index (χ4v) is 1.80. The summed E-state index contributed by atoms with van der Waals surface area (Å²) in [5.41, 5.74) is 2.50. The number of rotatable bonds is 3. The minimum atomic E-state index is -0.355. The zero-order valence-corrected chi connectivity index (χ0v) is 11.7. The number of nitrogens with zero attached hydrogens (tertiary/aromatic N) is 1. The molecule has 0 aliphatic rings. The van der Waals surface area contributed by atoms with Crippen molar-refractivity contribution in [2.75, 3.05) is 17.7 Å². The number of methoxy groups -OCH3 is 1. The number of carbonyl (C=O) groups excluding carboxylic acids is 1. The van der Waals surface area contributed by atoms with E-state index in [2.05, 4.69) is 15.6 Å². The van der Waals surface area contributed by atoms with Crippen molar-refractivity contribution in [1.82, 2.24) is 4.98 Å². The van der Waals surface area contributed by atoms with Gasteiger partial charge in [0.1, 0.15) is 11.6 Å². The van der Waals surface area contributed by atoms with E-state index >= 15 is 0 Å². The molecule has 0 aliphatic heterocycles. The fourth-order valence-electron chi connectivity index (χ4n) is 1.80. The van der Waals surface area contributed by atoms with Crippen LogP contribution in [0.2, 0.25) is 0 Å². The Kier molecular flexibility index (Phi) is 4.20. The van der Waals surface area contributed by atoms with Crippen LogP contribution in [0.4, 0.5) is 16.3 Å². The van der Waals surface area contributed by atoms with E-state index in [1.807, 2.05) is 44.2 Å². The highest BCUT2D eigenvalue weighted by molar-refractivity contribution is 6.00. The van der Waals surface area contributed by atoms with Crippen molar-refractivity contribution in [3.05, 3.63) is 47.7 Å². The minimum absolute atomic E-state index is 0.355. The molecule has 0 saturated carbocycles. The maximum absolute atomic E-state index is 12.0. The Bertz CT molecular complexity index is 626. The van der Waals surface area contributed by atoms with Crippen LogP contribution in [0.15, 0.2) is 36.4 Å². The van der Waals surface area contributed by atoms with E-state index in [1.165, 1.54) is 0 Å². The molecule has 104 valence electrons. The second-order valence-corrected chi connectivity index (χ2v) is 4.45. The smallest absolute Gasteiger partial charge is 0.324 e. The van der Waals surface area contributed by atoms with Crippen LogP contribution in [0.5, 0.6) is 5.75 Å². The first-order chi connectivity index (χ1) is 9.58. The summed E-state index contributed by atoms with van der Waals surface area (Å²) in [4.78, 5) is 16.2. The molecule has 0 bridgehead atoms. The summed E-state index contributed by atoms with van der Waals surface area (Å²) in [6, 6.07) is 10.7. The second-order valence-electron chi connectivity index (χ2n) is 4.45. The molecule has 5 nitrogen and oxygen atoms in total. The van der Waals surface area contributed by atoms with E-state index < -0.39 is 0 Å². The molecule has 2 N–H and O–H groups in total. The van der Waals surface area contributed by atoms with Gasteiger partial charge in [0.15, 0.2) is 0 Å². The lowest BCUT2D eigenvalue weighted by Crippen LogP contribution is -2.20. The fraction of sp³-hybridized carbons (Fsp3) is 0.200. The first-order valence-corrected chi connectivity index (χ1v) is 6.25. The van der Waals surface area contributed by atoms with Crippen LogP contribution < -0.4 is 15.4 Å². The summed E-state index contributed by atoms with van der Waals surface area (Å²) >= 11 is 0. The Balaban J connectivity index is 2.10. The van der Waals surface area contributed by atoms with Crippen molar-refractivity contribution in [3.8, 4) is 5.75 Å². The van der Waals surface area contributed by atoms with Crippen LogP contribution >= 0.6 is 0 Å². The van der Waals surface area contributed by atoms with Crippen LogP contribution in [-0.4, -0.2) is 18.1 Å². The van der Waals surface area contributed by atoms with Crippen LogP contribution in [0, 0.1) is 13.8 Å². The molecule has 20 heavy (non-hydrogen) atoms. The van der Waals surface area contributed by atoms with Gasteiger partial charge in [-0.25, -0.2) is 9.78 Å². The Morgan fingerprint density at radius 3 is 2.65 bits per heavy atom. The van der Waals surface area contributed by atoms with Crippen LogP contribution in [0.1, 0.15) is 11.3 Å². The van der Waals surface area contributed by atoms with Crippen molar-refractivity contribution in [2.45, 2.75) is 13.8 Å². The largest absolute Gasteiger partial charge is 0.495 e. The molecular weight excluding hydrogens is 254 g/mol. The van der Waals surface area contributed by atoms with Crippen LogP contribution in [0.25, 0.3) is 0 Å². The first-order valence-electron chi connectivity index (χ1n) is 6.25. The van der Waals surface area contributed by atoms with Crippen molar-refractivity contribution in [1.29, 1.82) is 0 Å². The Hall–Kier alpha value is -2.56. The predicted octanol–water partition coefficient (Wildman–Crippen LogP) is 3.35. The van der Waals surface area contributed by atoms with E-state index in [4.69, 9.17) is 4.74 Å². The number of pyridine rings is 1. The molecule has 0 aliphatic carbocycles. The molecule has 0 atom stereocenters. The number of hydrogen-bond donors (Lipinski definition) is 2. The number of hydrogen-bond acceptors (Lipinski definition) is 3. The molecular formula is C15H17N3O2. The average Bonchev–Trinajstić information content (AvgIpc) is 2.38. The molecule has 0 radical (unpaired) electrons. The van der Waals surface area contributed by atoms with Crippen molar-refractivity contribution in [2.24, 2.45) is 0 Å². The van der Waals surface area contributed by atoms with Crippen molar-refractivity contribution < 1.29 is 9.53 Å². The van der Waals surface area contributed by atoms with Crippen molar-refractivity contribution >= 4 is 17.5 Å². The maximum Gasteiger partial charge on any atom is 0.324 e. The first kappa shape index (κ1) is 13.9. The zero-order valence-electron chi connectivity index (χ0n) is 11.7. The second kappa shape index (κ2) is 6.06. The lowest BCUT2D eigenvalue weighted by molar-refractivity contribution is 0.262. The van der Waals surface area contributed by atoms with Gasteiger partial charge in [0, 0.05) is 5.69 Å². The Labute approximate surface area is 118 Å². The molecule has 1 heterocycles. The van der Waals surface area contributed by atoms with Gasteiger partial charge in [-0.15, -0.1) is 0 Å². The molecule has 5 heteroatoms. The van der Waals surface area contributed by atoms with Gasteiger partial charge in [-0.1, -0.05) is 12.1 Å². The van der Waals surface area contributed by atoms with Gasteiger partial charge in [-0.2, -0.15) is 0 Å². The highest BCUT2D eigenvalue weighted by Gasteiger charge is 2.08. The number of benzene rings is 1. The maximum atomic E-state index is 12.0. The number of aromatic nitrogens is 1. The summed E-state index contributed by atoms with van der Waals surface area (Å²) < 4.78 is 5.21. The number of urea groups is 1. The van der Waals surface area contributed by atoms with Gasteiger partial charge in [0.25, 0.3) is 0 Å². The van der Waals surface area contributed by atoms with E-state index in [9.17, 15) is 4.79 Å². The quantitative estimate of drug-likeness (QED) is 0.899. The third-order valence-electron chi connectivity index (χ3n) is 2.73. The third kappa shape index (κ3) is 3.47. The number of ether oxygens (including phenoxy) is 1. The molecule has 0 unspecified atom stereocenters. The number of amides is 2. The van der Waals surface area contributed by atoms with Gasteiger partial charge in [0.2, 0.25) is 0 Å². The molecule has 1 aromatic heterocycles. The Morgan fingerprint density at radius 2 is 1.95 bits per heavy atom. The Morgan fingerprint density at radius 1 is 1.15 bits per heavy atom. The topological polar surface area (TPSA) is 63.2 Å². The minimum Gasteiger partial charge on any atom is -0.495 e. The molecule has 2 rings (SSSR count). The SMILES string of the molecule is COc1ccc(C)cc1NC(=O)Nc1cccc(C)n1. The van der Waals surface area contributed by atoms with Crippen LogP contribution in [-0.2, 0) is 0 Å². The summed E-state index contributed by atoms with van der Waals surface area (Å²) in [5, 5.41) is 5.44. The number of anilines is 2. The van der Waals surface area contributed by atoms with Gasteiger partial charge < -0.3 is 10.1 Å². The molecule has 0 spiro atoms. The van der Waals surface area contributed by atoms with Gasteiger partial charge in [-0.3, -0.25) is 5.32 Å². The highest BCUT2D eigenvalue weighted by Crippen LogP contribution is 2.25.